The number of hydrogen-bond donors (Lipinski definition) is 0. The molecule has 80 valence electrons. The van der Waals surface area contributed by atoms with E-state index < -0.39 is 0 Å². The van der Waals surface area contributed by atoms with Gasteiger partial charge in [0, 0.05) is 0 Å². The Morgan fingerprint density at radius 1 is 1.14 bits per heavy atom. The molecule has 1 rings (SSSR count). The summed E-state index contributed by atoms with van der Waals surface area (Å²) < 4.78 is -0.0864. The van der Waals surface area contributed by atoms with Crippen molar-refractivity contribution in [3.05, 3.63) is 0 Å². The van der Waals surface area contributed by atoms with Crippen LogP contribution in [0, 0.1) is 11.3 Å². The van der Waals surface area contributed by atoms with Crippen LogP contribution in [0.4, 0.5) is 0 Å². The lowest BCUT2D eigenvalue weighted by Gasteiger charge is -2.36. The van der Waals surface area contributed by atoms with Crippen molar-refractivity contribution in [1.82, 2.24) is 0 Å². The van der Waals surface area contributed by atoms with Crippen LogP contribution < -0.4 is 0 Å². The molecule has 0 nitrogen and oxygen atoms in total. The van der Waals surface area contributed by atoms with Gasteiger partial charge in [-0.15, -0.1) is 0 Å². The van der Waals surface area contributed by atoms with E-state index in [1.807, 2.05) is 0 Å². The van der Waals surface area contributed by atoms with Gasteiger partial charge in [-0.05, 0) is 41.2 Å². The highest BCUT2D eigenvalue weighted by atomic mass is 79.9. The Kier molecular flexibility index (Phi) is 4.14. The first-order valence-corrected chi connectivity index (χ1v) is 6.58. The first-order chi connectivity index (χ1) is 6.31. The second-order valence-corrected chi connectivity index (χ2v) is 7.46. The van der Waals surface area contributed by atoms with Crippen molar-refractivity contribution in [2.24, 2.45) is 11.3 Å². The Morgan fingerprint density at radius 2 is 1.79 bits per heavy atom. The SMILES string of the molecule is [B]C1(Br)CCCCC(C(C)(C)C)CC1. The summed E-state index contributed by atoms with van der Waals surface area (Å²) in [5.74, 6) is 0.836. The van der Waals surface area contributed by atoms with Gasteiger partial charge < -0.3 is 0 Å². The summed E-state index contributed by atoms with van der Waals surface area (Å²) in [6.45, 7) is 7.06. The molecule has 0 aromatic rings. The lowest BCUT2D eigenvalue weighted by atomic mass is 9.69. The average Bonchev–Trinajstić information content (AvgIpc) is 1.96. The van der Waals surface area contributed by atoms with Gasteiger partial charge in [0.15, 0.2) is 0 Å². The average molecular weight is 257 g/mol. The predicted octanol–water partition coefficient (Wildman–Crippen LogP) is 4.26. The molecular formula is C12H22BBr. The van der Waals surface area contributed by atoms with Gasteiger partial charge in [0.25, 0.3) is 0 Å². The smallest absolute Gasteiger partial charge is 0.0901 e. The Labute approximate surface area is 98.8 Å². The van der Waals surface area contributed by atoms with E-state index in [-0.39, 0.29) is 4.22 Å². The van der Waals surface area contributed by atoms with Crippen molar-refractivity contribution in [2.75, 3.05) is 0 Å². The molecule has 1 saturated carbocycles. The lowest BCUT2D eigenvalue weighted by molar-refractivity contribution is 0.192. The maximum Gasteiger partial charge on any atom is 0.0901 e. The maximum atomic E-state index is 6.17. The van der Waals surface area contributed by atoms with Crippen molar-refractivity contribution >= 4 is 23.8 Å². The summed E-state index contributed by atoms with van der Waals surface area (Å²) in [7, 11) is 6.17. The fourth-order valence-corrected chi connectivity index (χ4v) is 2.87. The number of hydrogen-bond acceptors (Lipinski definition) is 0. The van der Waals surface area contributed by atoms with E-state index in [0.29, 0.717) is 5.41 Å². The minimum atomic E-state index is -0.0864. The fraction of sp³-hybridized carbons (Fsp3) is 1.00. The minimum absolute atomic E-state index is 0.0864. The van der Waals surface area contributed by atoms with E-state index in [9.17, 15) is 0 Å². The zero-order valence-corrected chi connectivity index (χ0v) is 11.4. The van der Waals surface area contributed by atoms with Crippen molar-refractivity contribution in [1.29, 1.82) is 0 Å². The highest BCUT2D eigenvalue weighted by Crippen LogP contribution is 2.40. The Balaban J connectivity index is 2.56. The van der Waals surface area contributed by atoms with Crippen LogP contribution in [0.3, 0.4) is 0 Å². The summed E-state index contributed by atoms with van der Waals surface area (Å²) in [5, 5.41) is 0. The van der Waals surface area contributed by atoms with E-state index in [2.05, 4.69) is 36.7 Å². The summed E-state index contributed by atoms with van der Waals surface area (Å²) in [4.78, 5) is 0. The first kappa shape index (κ1) is 12.6. The molecule has 0 N–H and O–H groups in total. The summed E-state index contributed by atoms with van der Waals surface area (Å²) in [6.07, 6.45) is 7.51. The number of alkyl halides is 1. The largest absolute Gasteiger partial charge is 0.0960 e. The van der Waals surface area contributed by atoms with Crippen LogP contribution in [-0.2, 0) is 0 Å². The zero-order valence-electron chi connectivity index (χ0n) is 9.78. The van der Waals surface area contributed by atoms with Crippen molar-refractivity contribution in [2.45, 2.75) is 63.5 Å². The van der Waals surface area contributed by atoms with Gasteiger partial charge in [0.2, 0.25) is 0 Å². The van der Waals surface area contributed by atoms with Crippen LogP contribution >= 0.6 is 15.9 Å². The van der Waals surface area contributed by atoms with Gasteiger partial charge in [0.05, 0.1) is 7.85 Å². The normalized spacial score (nSPS) is 36.1. The molecular weight excluding hydrogens is 235 g/mol. The van der Waals surface area contributed by atoms with Crippen LogP contribution in [0.2, 0.25) is 0 Å². The van der Waals surface area contributed by atoms with Gasteiger partial charge >= 0.3 is 0 Å². The predicted molar refractivity (Wildman–Crippen MR) is 68.1 cm³/mol. The van der Waals surface area contributed by atoms with Crippen molar-refractivity contribution in [3.8, 4) is 0 Å². The summed E-state index contributed by atoms with van der Waals surface area (Å²) in [6, 6.07) is 0. The molecule has 0 spiro atoms. The van der Waals surface area contributed by atoms with E-state index >= 15 is 0 Å². The Bertz CT molecular complexity index is 178. The third kappa shape index (κ3) is 3.96. The third-order valence-electron chi connectivity index (χ3n) is 3.53. The third-order valence-corrected chi connectivity index (χ3v) is 4.32. The molecule has 1 aliphatic rings. The molecule has 2 atom stereocenters. The highest BCUT2D eigenvalue weighted by Gasteiger charge is 2.29. The Morgan fingerprint density at radius 3 is 2.36 bits per heavy atom. The molecule has 0 aliphatic heterocycles. The summed E-state index contributed by atoms with van der Waals surface area (Å²) in [5.41, 5.74) is 0.445. The van der Waals surface area contributed by atoms with Crippen LogP contribution in [0.25, 0.3) is 0 Å². The van der Waals surface area contributed by atoms with E-state index in [4.69, 9.17) is 7.85 Å². The van der Waals surface area contributed by atoms with Crippen molar-refractivity contribution in [3.63, 3.8) is 0 Å². The number of rotatable bonds is 0. The monoisotopic (exact) mass is 256 g/mol. The van der Waals surface area contributed by atoms with Crippen LogP contribution in [0.5, 0.6) is 0 Å². The topological polar surface area (TPSA) is 0 Å². The quantitative estimate of drug-likeness (QED) is 0.449. The van der Waals surface area contributed by atoms with E-state index in [1.165, 1.54) is 25.7 Å². The second kappa shape index (κ2) is 4.59. The molecule has 2 unspecified atom stereocenters. The van der Waals surface area contributed by atoms with Gasteiger partial charge in [-0.2, -0.15) is 0 Å². The molecule has 2 heteroatoms. The Hall–Kier alpha value is 0.545. The molecule has 14 heavy (non-hydrogen) atoms. The molecule has 2 radical (unpaired) electrons. The molecule has 0 saturated heterocycles. The number of halogens is 1. The first-order valence-electron chi connectivity index (χ1n) is 5.79. The molecule has 1 fully saturated rings. The van der Waals surface area contributed by atoms with Crippen LogP contribution in [0.1, 0.15) is 59.3 Å². The van der Waals surface area contributed by atoms with Gasteiger partial charge in [-0.3, -0.25) is 0 Å². The fourth-order valence-electron chi connectivity index (χ4n) is 2.36. The minimum Gasteiger partial charge on any atom is -0.0960 e. The molecule has 1 aliphatic carbocycles. The van der Waals surface area contributed by atoms with Crippen molar-refractivity contribution < 1.29 is 0 Å². The maximum absolute atomic E-state index is 6.17. The second-order valence-electron chi connectivity index (χ2n) is 5.88. The standard InChI is InChI=1S/C12H22BBr/c1-11(2,3)10-6-4-5-8-12(13,14)9-7-10/h10H,4-9H2,1-3H3. The van der Waals surface area contributed by atoms with Gasteiger partial charge in [0.1, 0.15) is 0 Å². The van der Waals surface area contributed by atoms with E-state index in [0.717, 1.165) is 18.8 Å². The van der Waals surface area contributed by atoms with Crippen LogP contribution in [-0.4, -0.2) is 12.1 Å². The molecule has 0 amide bonds. The molecule has 0 bridgehead atoms. The van der Waals surface area contributed by atoms with Gasteiger partial charge in [-0.25, -0.2) is 0 Å². The van der Waals surface area contributed by atoms with Crippen LogP contribution in [0.15, 0.2) is 0 Å². The summed E-state index contributed by atoms with van der Waals surface area (Å²) >= 11 is 3.65. The zero-order chi connectivity index (χ0) is 10.8. The van der Waals surface area contributed by atoms with E-state index in [1.54, 1.807) is 0 Å². The lowest BCUT2D eigenvalue weighted by Crippen LogP contribution is -2.28. The molecule has 0 aromatic carbocycles. The van der Waals surface area contributed by atoms with Gasteiger partial charge in [-0.1, -0.05) is 49.5 Å². The molecule has 0 heterocycles. The molecule has 0 aromatic heterocycles. The highest BCUT2D eigenvalue weighted by molar-refractivity contribution is 9.10.